The maximum absolute atomic E-state index is 5.97. The van der Waals surface area contributed by atoms with E-state index in [9.17, 15) is 0 Å². The molecule has 0 atom stereocenters. The molecule has 1 aromatic heterocycles. The summed E-state index contributed by atoms with van der Waals surface area (Å²) in [5.74, 6) is 1.78. The van der Waals surface area contributed by atoms with Crippen LogP contribution in [0.15, 0.2) is 6.07 Å². The summed E-state index contributed by atoms with van der Waals surface area (Å²) in [5.41, 5.74) is 0.874. The van der Waals surface area contributed by atoms with Gasteiger partial charge in [0.15, 0.2) is 0 Å². The van der Waals surface area contributed by atoms with E-state index in [-0.39, 0.29) is 5.54 Å². The molecule has 0 saturated heterocycles. The van der Waals surface area contributed by atoms with Crippen molar-refractivity contribution in [1.82, 2.24) is 9.97 Å². The smallest absolute Gasteiger partial charge is 0.226 e. The van der Waals surface area contributed by atoms with Crippen LogP contribution in [0.4, 0.5) is 5.95 Å². The lowest BCUT2D eigenvalue weighted by atomic mass is 9.78. The molecule has 88 valence electrons. The molecule has 1 heterocycles. The van der Waals surface area contributed by atoms with Crippen LogP contribution in [0.3, 0.4) is 0 Å². The van der Waals surface area contributed by atoms with Crippen LogP contribution >= 0.6 is 11.6 Å². The predicted molar refractivity (Wildman–Crippen MR) is 64.2 cm³/mol. The molecule has 4 nitrogen and oxygen atoms in total. The fourth-order valence-electron chi connectivity index (χ4n) is 1.83. The zero-order valence-electron chi connectivity index (χ0n) is 9.59. The standard InChI is InChI=1S/C11H16ClN3O/c1-8-6-9(16-2)14-10(13-8)15-11(7-12)4-3-5-11/h6H,3-5,7H2,1-2H3,(H,13,14,15). The van der Waals surface area contributed by atoms with Gasteiger partial charge < -0.3 is 10.1 Å². The van der Waals surface area contributed by atoms with Crippen LogP contribution in [0.1, 0.15) is 25.0 Å². The zero-order chi connectivity index (χ0) is 11.6. The molecular weight excluding hydrogens is 226 g/mol. The van der Waals surface area contributed by atoms with Gasteiger partial charge in [0.25, 0.3) is 0 Å². The van der Waals surface area contributed by atoms with Gasteiger partial charge in [-0.05, 0) is 26.2 Å². The van der Waals surface area contributed by atoms with Crippen molar-refractivity contribution in [2.24, 2.45) is 0 Å². The summed E-state index contributed by atoms with van der Waals surface area (Å²) >= 11 is 5.97. The van der Waals surface area contributed by atoms with E-state index in [4.69, 9.17) is 16.3 Å². The van der Waals surface area contributed by atoms with Crippen LogP contribution in [0.5, 0.6) is 5.88 Å². The Balaban J connectivity index is 2.17. The van der Waals surface area contributed by atoms with Crippen molar-refractivity contribution in [2.45, 2.75) is 31.7 Å². The molecule has 0 aromatic carbocycles. The van der Waals surface area contributed by atoms with Gasteiger partial charge in [-0.25, -0.2) is 4.98 Å². The van der Waals surface area contributed by atoms with E-state index in [2.05, 4.69) is 15.3 Å². The Bertz CT molecular complexity index is 374. The number of aryl methyl sites for hydroxylation is 1. The summed E-state index contributed by atoms with van der Waals surface area (Å²) in [6.45, 7) is 1.92. The maximum Gasteiger partial charge on any atom is 0.226 e. The summed E-state index contributed by atoms with van der Waals surface area (Å²) in [4.78, 5) is 8.60. The zero-order valence-corrected chi connectivity index (χ0v) is 10.3. The minimum atomic E-state index is -0.0135. The second-order valence-electron chi connectivity index (χ2n) is 4.27. The highest BCUT2D eigenvalue weighted by molar-refractivity contribution is 6.18. The molecule has 1 aromatic rings. The molecular formula is C11H16ClN3O. The topological polar surface area (TPSA) is 47.0 Å². The van der Waals surface area contributed by atoms with Gasteiger partial charge in [-0.15, -0.1) is 11.6 Å². The molecule has 0 spiro atoms. The van der Waals surface area contributed by atoms with Crippen molar-refractivity contribution in [3.8, 4) is 5.88 Å². The number of anilines is 1. The van der Waals surface area contributed by atoms with Crippen LogP contribution in [0.2, 0.25) is 0 Å². The Morgan fingerprint density at radius 1 is 1.50 bits per heavy atom. The van der Waals surface area contributed by atoms with Crippen molar-refractivity contribution in [1.29, 1.82) is 0 Å². The third-order valence-corrected chi connectivity index (χ3v) is 3.49. The van der Waals surface area contributed by atoms with Crippen molar-refractivity contribution in [3.05, 3.63) is 11.8 Å². The van der Waals surface area contributed by atoms with Crippen molar-refractivity contribution in [3.63, 3.8) is 0 Å². The number of methoxy groups -OCH3 is 1. The molecule has 0 aliphatic heterocycles. The van der Waals surface area contributed by atoms with E-state index in [0.717, 1.165) is 18.5 Å². The van der Waals surface area contributed by atoms with E-state index >= 15 is 0 Å². The Hall–Kier alpha value is -1.03. The van der Waals surface area contributed by atoms with E-state index in [1.165, 1.54) is 6.42 Å². The number of nitrogens with zero attached hydrogens (tertiary/aromatic N) is 2. The second kappa shape index (κ2) is 4.45. The highest BCUT2D eigenvalue weighted by Crippen LogP contribution is 2.35. The highest BCUT2D eigenvalue weighted by Gasteiger charge is 2.36. The highest BCUT2D eigenvalue weighted by atomic mass is 35.5. The van der Waals surface area contributed by atoms with E-state index in [0.29, 0.717) is 17.7 Å². The minimum absolute atomic E-state index is 0.0135. The van der Waals surface area contributed by atoms with E-state index in [1.807, 2.05) is 6.92 Å². The molecule has 1 saturated carbocycles. The van der Waals surface area contributed by atoms with Crippen LogP contribution < -0.4 is 10.1 Å². The number of rotatable bonds is 4. The molecule has 0 bridgehead atoms. The molecule has 16 heavy (non-hydrogen) atoms. The van der Waals surface area contributed by atoms with Gasteiger partial charge in [-0.1, -0.05) is 0 Å². The first-order valence-electron chi connectivity index (χ1n) is 5.41. The monoisotopic (exact) mass is 241 g/mol. The molecule has 1 N–H and O–H groups in total. The van der Waals surface area contributed by atoms with Gasteiger partial charge in [-0.3, -0.25) is 0 Å². The average Bonchev–Trinajstić information content (AvgIpc) is 2.22. The van der Waals surface area contributed by atoms with Gasteiger partial charge in [0.05, 0.1) is 12.6 Å². The van der Waals surface area contributed by atoms with E-state index < -0.39 is 0 Å². The number of hydrogen-bond acceptors (Lipinski definition) is 4. The summed E-state index contributed by atoms with van der Waals surface area (Å²) in [7, 11) is 1.60. The Kier molecular flexibility index (Phi) is 3.19. The number of ether oxygens (including phenoxy) is 1. The van der Waals surface area contributed by atoms with Crippen LogP contribution in [-0.4, -0.2) is 28.5 Å². The number of halogens is 1. The quantitative estimate of drug-likeness (QED) is 0.823. The van der Waals surface area contributed by atoms with Crippen molar-refractivity contribution < 1.29 is 4.74 Å². The van der Waals surface area contributed by atoms with Crippen molar-refractivity contribution >= 4 is 17.5 Å². The average molecular weight is 242 g/mol. The Morgan fingerprint density at radius 3 is 2.75 bits per heavy atom. The van der Waals surface area contributed by atoms with Gasteiger partial charge in [0.1, 0.15) is 0 Å². The fourth-order valence-corrected chi connectivity index (χ4v) is 2.17. The molecule has 0 amide bonds. The van der Waals surface area contributed by atoms with Crippen molar-refractivity contribution in [2.75, 3.05) is 18.3 Å². The number of nitrogens with one attached hydrogen (secondary N) is 1. The largest absolute Gasteiger partial charge is 0.481 e. The van der Waals surface area contributed by atoms with Crippen LogP contribution in [-0.2, 0) is 0 Å². The first kappa shape index (κ1) is 11.5. The normalized spacial score (nSPS) is 17.7. The summed E-state index contributed by atoms with van der Waals surface area (Å²) in [6.07, 6.45) is 3.37. The van der Waals surface area contributed by atoms with Gasteiger partial charge in [0.2, 0.25) is 11.8 Å². The summed E-state index contributed by atoms with van der Waals surface area (Å²) in [5, 5.41) is 3.32. The number of alkyl halides is 1. The van der Waals surface area contributed by atoms with Gasteiger partial charge >= 0.3 is 0 Å². The molecule has 0 radical (unpaired) electrons. The Labute approximate surface area is 100 Å². The van der Waals surface area contributed by atoms with Gasteiger partial charge in [0, 0.05) is 17.6 Å². The van der Waals surface area contributed by atoms with Crippen LogP contribution in [0.25, 0.3) is 0 Å². The molecule has 1 fully saturated rings. The molecule has 2 rings (SSSR count). The second-order valence-corrected chi connectivity index (χ2v) is 4.54. The number of aromatic nitrogens is 2. The molecule has 1 aliphatic rings. The minimum Gasteiger partial charge on any atom is -0.481 e. The van der Waals surface area contributed by atoms with E-state index in [1.54, 1.807) is 13.2 Å². The SMILES string of the molecule is COc1cc(C)nc(NC2(CCl)CCC2)n1. The Morgan fingerprint density at radius 2 is 2.25 bits per heavy atom. The lowest BCUT2D eigenvalue weighted by Crippen LogP contribution is -2.47. The molecule has 5 heteroatoms. The molecule has 0 unspecified atom stereocenters. The molecule has 1 aliphatic carbocycles. The predicted octanol–water partition coefficient (Wildman–Crippen LogP) is 2.37. The summed E-state index contributed by atoms with van der Waals surface area (Å²) in [6, 6.07) is 1.80. The number of hydrogen-bond donors (Lipinski definition) is 1. The third kappa shape index (κ3) is 2.21. The van der Waals surface area contributed by atoms with Crippen LogP contribution in [0, 0.1) is 6.92 Å². The van der Waals surface area contributed by atoms with Gasteiger partial charge in [-0.2, -0.15) is 4.98 Å². The lowest BCUT2D eigenvalue weighted by molar-refractivity contribution is 0.308. The lowest BCUT2D eigenvalue weighted by Gasteiger charge is -2.40. The third-order valence-electron chi connectivity index (χ3n) is 2.98. The summed E-state index contributed by atoms with van der Waals surface area (Å²) < 4.78 is 5.11. The maximum atomic E-state index is 5.97. The fraction of sp³-hybridized carbons (Fsp3) is 0.636. The first-order chi connectivity index (χ1) is 7.67. The first-order valence-corrected chi connectivity index (χ1v) is 5.95.